The Bertz CT molecular complexity index is 1120. The molecule has 2 aromatic carbocycles. The zero-order chi connectivity index (χ0) is 23.6. The predicted octanol–water partition coefficient (Wildman–Crippen LogP) is 6.23. The van der Waals surface area contributed by atoms with E-state index in [1.807, 2.05) is 25.1 Å². The van der Waals surface area contributed by atoms with Gasteiger partial charge in [0.25, 0.3) is 5.91 Å². The Morgan fingerprint density at radius 2 is 1.61 bits per heavy atom. The third-order valence-corrected chi connectivity index (χ3v) is 5.74. The summed E-state index contributed by atoms with van der Waals surface area (Å²) in [5, 5.41) is 25.5. The normalized spacial score (nSPS) is 11.6. The fourth-order valence-corrected chi connectivity index (χ4v) is 3.90. The van der Waals surface area contributed by atoms with Crippen LogP contribution in [0.5, 0.6) is 11.5 Å². The number of hydrogen-bond acceptors (Lipinski definition) is 5. The molecular weight excluding hydrogens is 414 g/mol. The number of aromatic hydroxyl groups is 2. The lowest BCUT2D eigenvalue weighted by atomic mass is 9.98. The molecule has 0 spiro atoms. The van der Waals surface area contributed by atoms with Crippen LogP contribution in [-0.4, -0.2) is 26.8 Å². The molecule has 1 heterocycles. The molecule has 0 aliphatic carbocycles. The first-order valence-corrected chi connectivity index (χ1v) is 11.8. The van der Waals surface area contributed by atoms with Gasteiger partial charge in [0.1, 0.15) is 17.0 Å². The Labute approximate surface area is 195 Å². The van der Waals surface area contributed by atoms with Crippen LogP contribution in [0.15, 0.2) is 53.6 Å². The van der Waals surface area contributed by atoms with E-state index < -0.39 is 5.91 Å². The van der Waals surface area contributed by atoms with E-state index in [0.717, 1.165) is 35.2 Å². The molecule has 6 heteroatoms. The first kappa shape index (κ1) is 24.2. The van der Waals surface area contributed by atoms with Gasteiger partial charge in [0.2, 0.25) is 0 Å². The summed E-state index contributed by atoms with van der Waals surface area (Å²) in [6, 6.07) is 13.7. The van der Waals surface area contributed by atoms with Gasteiger partial charge in [0.15, 0.2) is 0 Å². The molecule has 0 fully saturated rings. The lowest BCUT2D eigenvalue weighted by Gasteiger charge is -2.12. The highest BCUT2D eigenvalue weighted by Crippen LogP contribution is 2.28. The Morgan fingerprint density at radius 1 is 0.879 bits per heavy atom. The molecule has 0 atom stereocenters. The smallest absolute Gasteiger partial charge is 0.275 e. The van der Waals surface area contributed by atoms with E-state index in [1.165, 1.54) is 38.2 Å². The Balaban J connectivity index is 1.84. The highest BCUT2D eigenvalue weighted by atomic mass is 16.3. The van der Waals surface area contributed by atoms with Gasteiger partial charge in [-0.1, -0.05) is 63.6 Å². The van der Waals surface area contributed by atoms with Gasteiger partial charge in [0.05, 0.1) is 11.3 Å². The van der Waals surface area contributed by atoms with Gasteiger partial charge in [-0.15, -0.1) is 0 Å². The van der Waals surface area contributed by atoms with Crippen LogP contribution < -0.4 is 5.43 Å². The summed E-state index contributed by atoms with van der Waals surface area (Å²) in [4.78, 5) is 17.1. The number of aryl methyl sites for hydroxylation is 1. The number of phenolic OH excluding ortho intramolecular Hbond substituents is 2. The second kappa shape index (κ2) is 12.0. The second-order valence-corrected chi connectivity index (χ2v) is 8.37. The molecule has 0 bridgehead atoms. The van der Waals surface area contributed by atoms with Gasteiger partial charge in [-0.3, -0.25) is 4.79 Å². The summed E-state index contributed by atoms with van der Waals surface area (Å²) in [5.41, 5.74) is 5.67. The van der Waals surface area contributed by atoms with Crippen molar-refractivity contribution in [1.82, 2.24) is 10.4 Å². The van der Waals surface area contributed by atoms with Crippen LogP contribution in [0.1, 0.15) is 79.9 Å². The van der Waals surface area contributed by atoms with E-state index in [1.54, 1.807) is 24.3 Å². The van der Waals surface area contributed by atoms with Crippen LogP contribution >= 0.6 is 0 Å². The van der Waals surface area contributed by atoms with Crippen molar-refractivity contribution in [2.45, 2.75) is 65.2 Å². The first-order chi connectivity index (χ1) is 16.0. The monoisotopic (exact) mass is 447 g/mol. The van der Waals surface area contributed by atoms with Crippen molar-refractivity contribution in [1.29, 1.82) is 0 Å². The van der Waals surface area contributed by atoms with Crippen molar-refractivity contribution in [2.75, 3.05) is 0 Å². The standard InChI is InChI=1S/C27H33N3O3/c1-3-4-5-6-7-8-9-13-23(29-30-27(33)22-12-10-11-14-24(22)31)20-17-18-25(32)26-21(20)16-15-19(2)28-26/h10-12,14-18,31-32H,3-9,13H2,1-2H3,(H,30,33)/b29-23-. The van der Waals surface area contributed by atoms with Crippen LogP contribution in [0.2, 0.25) is 0 Å². The zero-order valence-electron chi connectivity index (χ0n) is 19.5. The molecule has 0 saturated carbocycles. The molecule has 3 aromatic rings. The quantitative estimate of drug-likeness (QED) is 0.184. The number of nitrogens with zero attached hydrogens (tertiary/aromatic N) is 2. The van der Waals surface area contributed by atoms with Gasteiger partial charge < -0.3 is 10.2 Å². The minimum Gasteiger partial charge on any atom is -0.507 e. The molecule has 3 N–H and O–H groups in total. The summed E-state index contributed by atoms with van der Waals surface area (Å²) in [7, 11) is 0. The van der Waals surface area contributed by atoms with Crippen LogP contribution in [0.3, 0.4) is 0 Å². The Kier molecular flexibility index (Phi) is 8.81. The molecule has 3 rings (SSSR count). The minimum absolute atomic E-state index is 0.0893. The average molecular weight is 448 g/mol. The summed E-state index contributed by atoms with van der Waals surface area (Å²) in [6.07, 6.45) is 8.89. The fraction of sp³-hybridized carbons (Fsp3) is 0.370. The maximum atomic E-state index is 12.6. The van der Waals surface area contributed by atoms with E-state index in [4.69, 9.17) is 0 Å². The topological polar surface area (TPSA) is 94.8 Å². The van der Waals surface area contributed by atoms with E-state index in [9.17, 15) is 15.0 Å². The molecule has 1 amide bonds. The van der Waals surface area contributed by atoms with Crippen molar-refractivity contribution >= 4 is 22.5 Å². The largest absolute Gasteiger partial charge is 0.507 e. The molecule has 0 radical (unpaired) electrons. The minimum atomic E-state index is -0.470. The van der Waals surface area contributed by atoms with Gasteiger partial charge in [-0.2, -0.15) is 5.10 Å². The van der Waals surface area contributed by atoms with Crippen molar-refractivity contribution in [3.05, 3.63) is 65.4 Å². The lowest BCUT2D eigenvalue weighted by molar-refractivity contribution is 0.0952. The number of amides is 1. The molecule has 0 aliphatic heterocycles. The van der Waals surface area contributed by atoms with Gasteiger partial charge >= 0.3 is 0 Å². The molecule has 1 aromatic heterocycles. The number of benzene rings is 2. The molecule has 0 unspecified atom stereocenters. The number of carbonyl (C=O) groups excluding carboxylic acids is 1. The number of aromatic nitrogens is 1. The van der Waals surface area contributed by atoms with E-state index in [-0.39, 0.29) is 17.1 Å². The number of hydrogen-bond donors (Lipinski definition) is 3. The molecular formula is C27H33N3O3. The van der Waals surface area contributed by atoms with Crippen molar-refractivity contribution in [2.24, 2.45) is 5.10 Å². The van der Waals surface area contributed by atoms with Gasteiger partial charge in [0, 0.05) is 16.6 Å². The third kappa shape index (κ3) is 6.54. The predicted molar refractivity (Wildman–Crippen MR) is 133 cm³/mol. The highest BCUT2D eigenvalue weighted by molar-refractivity contribution is 6.11. The van der Waals surface area contributed by atoms with Crippen LogP contribution in [0, 0.1) is 6.92 Å². The van der Waals surface area contributed by atoms with E-state index in [0.29, 0.717) is 11.9 Å². The highest BCUT2D eigenvalue weighted by Gasteiger charge is 2.14. The summed E-state index contributed by atoms with van der Waals surface area (Å²) in [6.45, 7) is 4.09. The van der Waals surface area contributed by atoms with Crippen molar-refractivity contribution in [3.8, 4) is 11.5 Å². The lowest BCUT2D eigenvalue weighted by Crippen LogP contribution is -2.20. The van der Waals surface area contributed by atoms with Gasteiger partial charge in [-0.25, -0.2) is 10.4 Å². The molecule has 6 nitrogen and oxygen atoms in total. The number of carbonyl (C=O) groups is 1. The summed E-state index contributed by atoms with van der Waals surface area (Å²) in [5.74, 6) is -0.443. The first-order valence-electron chi connectivity index (χ1n) is 11.8. The van der Waals surface area contributed by atoms with Crippen LogP contribution in [0.25, 0.3) is 10.9 Å². The summed E-state index contributed by atoms with van der Waals surface area (Å²) >= 11 is 0. The number of hydrazone groups is 1. The van der Waals surface area contributed by atoms with Crippen molar-refractivity contribution in [3.63, 3.8) is 0 Å². The zero-order valence-corrected chi connectivity index (χ0v) is 19.5. The maximum Gasteiger partial charge on any atom is 0.275 e. The number of pyridine rings is 1. The number of unbranched alkanes of at least 4 members (excludes halogenated alkanes) is 6. The SMILES string of the molecule is CCCCCCCCC/C(=N/NC(=O)c1ccccc1O)c1ccc(O)c2nc(C)ccc12. The third-order valence-electron chi connectivity index (χ3n) is 5.74. The molecule has 174 valence electrons. The number of rotatable bonds is 11. The molecule has 0 saturated heterocycles. The number of fused-ring (bicyclic) bond motifs is 1. The van der Waals surface area contributed by atoms with Crippen molar-refractivity contribution < 1.29 is 15.0 Å². The molecule has 0 aliphatic rings. The molecule has 33 heavy (non-hydrogen) atoms. The second-order valence-electron chi connectivity index (χ2n) is 8.37. The Morgan fingerprint density at radius 3 is 2.36 bits per heavy atom. The number of para-hydroxylation sites is 1. The van der Waals surface area contributed by atoms with E-state index >= 15 is 0 Å². The Hall–Kier alpha value is -3.41. The van der Waals surface area contributed by atoms with Crippen LogP contribution in [-0.2, 0) is 0 Å². The van der Waals surface area contributed by atoms with Crippen LogP contribution in [0.4, 0.5) is 0 Å². The summed E-state index contributed by atoms with van der Waals surface area (Å²) < 4.78 is 0. The fourth-order valence-electron chi connectivity index (χ4n) is 3.90. The number of nitrogens with one attached hydrogen (secondary N) is 1. The average Bonchev–Trinajstić information content (AvgIpc) is 2.81. The number of phenols is 2. The van der Waals surface area contributed by atoms with Gasteiger partial charge in [-0.05, 0) is 50.1 Å². The maximum absolute atomic E-state index is 12.6. The van der Waals surface area contributed by atoms with E-state index in [2.05, 4.69) is 22.4 Å².